The molecule has 0 aromatic carbocycles. The van der Waals surface area contributed by atoms with Crippen molar-refractivity contribution < 1.29 is 9.47 Å². The molecular weight excluding hydrogens is 188 g/mol. The van der Waals surface area contributed by atoms with E-state index < -0.39 is 0 Å². The predicted molar refractivity (Wildman–Crippen MR) is 65.3 cm³/mol. The van der Waals surface area contributed by atoms with Crippen molar-refractivity contribution in [3.63, 3.8) is 0 Å². The van der Waals surface area contributed by atoms with Crippen molar-refractivity contribution in [2.45, 2.75) is 64.9 Å². The van der Waals surface area contributed by atoms with Crippen molar-refractivity contribution in [2.75, 3.05) is 20.3 Å². The monoisotopic (exact) mass is 216 g/mol. The Labute approximate surface area is 95.3 Å². The molecule has 15 heavy (non-hydrogen) atoms. The van der Waals surface area contributed by atoms with Gasteiger partial charge in [0.2, 0.25) is 0 Å². The molecule has 0 saturated heterocycles. The Balaban J connectivity index is 3.65. The van der Waals surface area contributed by atoms with E-state index in [4.69, 9.17) is 9.47 Å². The molecule has 0 N–H and O–H groups in total. The van der Waals surface area contributed by atoms with Gasteiger partial charge in [-0.15, -0.1) is 0 Å². The van der Waals surface area contributed by atoms with Crippen LogP contribution in [0.3, 0.4) is 0 Å². The van der Waals surface area contributed by atoms with E-state index in [1.165, 1.54) is 32.1 Å². The third-order valence-electron chi connectivity index (χ3n) is 3.05. The van der Waals surface area contributed by atoms with Crippen LogP contribution in [0.2, 0.25) is 0 Å². The van der Waals surface area contributed by atoms with Gasteiger partial charge < -0.3 is 9.47 Å². The molecule has 0 amide bonds. The average Bonchev–Trinajstić information content (AvgIpc) is 2.25. The lowest BCUT2D eigenvalue weighted by Gasteiger charge is -2.28. The summed E-state index contributed by atoms with van der Waals surface area (Å²) in [5.74, 6) is 0. The second-order valence-corrected chi connectivity index (χ2v) is 4.46. The number of hydrogen-bond donors (Lipinski definition) is 0. The number of rotatable bonds is 10. The van der Waals surface area contributed by atoms with E-state index in [1.54, 1.807) is 7.11 Å². The molecule has 1 atom stereocenters. The van der Waals surface area contributed by atoms with Crippen LogP contribution in [0.4, 0.5) is 0 Å². The number of hydrogen-bond acceptors (Lipinski definition) is 2. The summed E-state index contributed by atoms with van der Waals surface area (Å²) in [6.45, 7) is 8.08. The molecule has 0 saturated carbocycles. The van der Waals surface area contributed by atoms with E-state index >= 15 is 0 Å². The number of unbranched alkanes of at least 4 members (excludes halogenated alkanes) is 3. The summed E-state index contributed by atoms with van der Waals surface area (Å²) in [6.07, 6.45) is 7.52. The molecule has 0 aliphatic rings. The SMILES string of the molecule is CCCCCCC(C)(CC)OCCOC. The Morgan fingerprint density at radius 2 is 1.73 bits per heavy atom. The zero-order valence-corrected chi connectivity index (χ0v) is 11.0. The van der Waals surface area contributed by atoms with Crippen LogP contribution < -0.4 is 0 Å². The van der Waals surface area contributed by atoms with Crippen molar-refractivity contribution in [1.82, 2.24) is 0 Å². The minimum atomic E-state index is 0.0618. The van der Waals surface area contributed by atoms with Crippen LogP contribution in [0.25, 0.3) is 0 Å². The Hall–Kier alpha value is -0.0800. The summed E-state index contributed by atoms with van der Waals surface area (Å²) in [7, 11) is 1.72. The summed E-state index contributed by atoms with van der Waals surface area (Å²) in [5.41, 5.74) is 0.0618. The molecule has 0 rings (SSSR count). The Kier molecular flexibility index (Phi) is 9.12. The highest BCUT2D eigenvalue weighted by molar-refractivity contribution is 4.73. The minimum absolute atomic E-state index is 0.0618. The van der Waals surface area contributed by atoms with E-state index in [2.05, 4.69) is 20.8 Å². The van der Waals surface area contributed by atoms with Crippen molar-refractivity contribution in [1.29, 1.82) is 0 Å². The molecule has 0 radical (unpaired) electrons. The van der Waals surface area contributed by atoms with Gasteiger partial charge in [-0.25, -0.2) is 0 Å². The highest BCUT2D eigenvalue weighted by Crippen LogP contribution is 2.23. The molecule has 0 aromatic heterocycles. The fourth-order valence-corrected chi connectivity index (χ4v) is 1.65. The molecule has 0 fully saturated rings. The first-order valence-corrected chi connectivity index (χ1v) is 6.31. The van der Waals surface area contributed by atoms with Gasteiger partial charge in [0.05, 0.1) is 18.8 Å². The van der Waals surface area contributed by atoms with Gasteiger partial charge in [0.25, 0.3) is 0 Å². The minimum Gasteiger partial charge on any atom is -0.382 e. The van der Waals surface area contributed by atoms with Crippen LogP contribution in [-0.2, 0) is 9.47 Å². The maximum atomic E-state index is 5.87. The molecule has 0 bridgehead atoms. The van der Waals surface area contributed by atoms with Crippen LogP contribution >= 0.6 is 0 Å². The van der Waals surface area contributed by atoms with Gasteiger partial charge >= 0.3 is 0 Å². The van der Waals surface area contributed by atoms with Gasteiger partial charge in [-0.1, -0.05) is 39.5 Å². The third kappa shape index (κ3) is 7.80. The molecule has 0 heterocycles. The Morgan fingerprint density at radius 3 is 2.27 bits per heavy atom. The molecular formula is C13H28O2. The fourth-order valence-electron chi connectivity index (χ4n) is 1.65. The van der Waals surface area contributed by atoms with Crippen molar-refractivity contribution in [2.24, 2.45) is 0 Å². The van der Waals surface area contributed by atoms with Gasteiger partial charge in [0, 0.05) is 7.11 Å². The fraction of sp³-hybridized carbons (Fsp3) is 1.00. The standard InChI is InChI=1S/C13H28O2/c1-5-7-8-9-10-13(3,6-2)15-12-11-14-4/h5-12H2,1-4H3. The zero-order valence-electron chi connectivity index (χ0n) is 11.0. The van der Waals surface area contributed by atoms with E-state index in [1.807, 2.05) is 0 Å². The Morgan fingerprint density at radius 1 is 1.00 bits per heavy atom. The summed E-state index contributed by atoms with van der Waals surface area (Å²) in [6, 6.07) is 0. The summed E-state index contributed by atoms with van der Waals surface area (Å²) in [5, 5.41) is 0. The van der Waals surface area contributed by atoms with Crippen LogP contribution in [-0.4, -0.2) is 25.9 Å². The second kappa shape index (κ2) is 9.17. The highest BCUT2D eigenvalue weighted by atomic mass is 16.5. The molecule has 1 unspecified atom stereocenters. The van der Waals surface area contributed by atoms with Crippen LogP contribution in [0, 0.1) is 0 Å². The summed E-state index contributed by atoms with van der Waals surface area (Å²) in [4.78, 5) is 0. The van der Waals surface area contributed by atoms with Crippen molar-refractivity contribution in [3.05, 3.63) is 0 Å². The van der Waals surface area contributed by atoms with Crippen molar-refractivity contribution in [3.8, 4) is 0 Å². The lowest BCUT2D eigenvalue weighted by molar-refractivity contribution is -0.0595. The summed E-state index contributed by atoms with van der Waals surface area (Å²) >= 11 is 0. The maximum Gasteiger partial charge on any atom is 0.0707 e. The molecule has 0 aliphatic carbocycles. The quantitative estimate of drug-likeness (QED) is 0.517. The smallest absolute Gasteiger partial charge is 0.0707 e. The Bertz CT molecular complexity index is 136. The molecule has 92 valence electrons. The maximum absolute atomic E-state index is 5.87. The van der Waals surface area contributed by atoms with Crippen LogP contribution in [0.1, 0.15) is 59.3 Å². The average molecular weight is 216 g/mol. The normalized spacial score (nSPS) is 15.2. The highest BCUT2D eigenvalue weighted by Gasteiger charge is 2.21. The van der Waals surface area contributed by atoms with Gasteiger partial charge in [-0.2, -0.15) is 0 Å². The molecule has 2 heteroatoms. The molecule has 0 aromatic rings. The lowest BCUT2D eigenvalue weighted by Crippen LogP contribution is -2.29. The van der Waals surface area contributed by atoms with Gasteiger partial charge in [-0.05, 0) is 19.8 Å². The second-order valence-electron chi connectivity index (χ2n) is 4.46. The van der Waals surface area contributed by atoms with E-state index in [9.17, 15) is 0 Å². The topological polar surface area (TPSA) is 18.5 Å². The first-order valence-electron chi connectivity index (χ1n) is 6.31. The lowest BCUT2D eigenvalue weighted by atomic mass is 9.95. The largest absolute Gasteiger partial charge is 0.382 e. The van der Waals surface area contributed by atoms with E-state index in [0.717, 1.165) is 6.42 Å². The van der Waals surface area contributed by atoms with Crippen LogP contribution in [0.5, 0.6) is 0 Å². The first-order chi connectivity index (χ1) is 7.18. The number of methoxy groups -OCH3 is 1. The molecule has 0 spiro atoms. The van der Waals surface area contributed by atoms with E-state index in [0.29, 0.717) is 13.2 Å². The third-order valence-corrected chi connectivity index (χ3v) is 3.05. The number of ether oxygens (including phenoxy) is 2. The molecule has 2 nitrogen and oxygen atoms in total. The van der Waals surface area contributed by atoms with E-state index in [-0.39, 0.29) is 5.60 Å². The van der Waals surface area contributed by atoms with Gasteiger partial charge in [0.15, 0.2) is 0 Å². The molecule has 0 aliphatic heterocycles. The van der Waals surface area contributed by atoms with Crippen LogP contribution in [0.15, 0.2) is 0 Å². The van der Waals surface area contributed by atoms with Gasteiger partial charge in [-0.3, -0.25) is 0 Å². The first kappa shape index (κ1) is 14.9. The zero-order chi connectivity index (χ0) is 11.6. The predicted octanol–water partition coefficient (Wildman–Crippen LogP) is 3.79. The van der Waals surface area contributed by atoms with Gasteiger partial charge in [0.1, 0.15) is 0 Å². The summed E-state index contributed by atoms with van der Waals surface area (Å²) < 4.78 is 10.9. The van der Waals surface area contributed by atoms with Crippen molar-refractivity contribution >= 4 is 0 Å².